The van der Waals surface area contributed by atoms with Crippen molar-refractivity contribution in [3.05, 3.63) is 29.3 Å². The van der Waals surface area contributed by atoms with E-state index < -0.39 is 23.9 Å². The van der Waals surface area contributed by atoms with Crippen molar-refractivity contribution in [2.45, 2.75) is 82.6 Å². The molecule has 2 spiro atoms. The molecule has 0 bridgehead atoms. The molecule has 4 aliphatic rings. The number of urea groups is 1. The van der Waals surface area contributed by atoms with Crippen LogP contribution in [0.4, 0.5) is 4.79 Å². The minimum atomic E-state index is -1.05. The van der Waals surface area contributed by atoms with E-state index in [-0.39, 0.29) is 23.5 Å². The van der Waals surface area contributed by atoms with Gasteiger partial charge in [0.15, 0.2) is 5.54 Å². The van der Waals surface area contributed by atoms with Crippen LogP contribution in [-0.2, 0) is 30.8 Å². The third-order valence-electron chi connectivity index (χ3n) is 8.84. The Morgan fingerprint density at radius 1 is 1.09 bits per heavy atom. The predicted molar refractivity (Wildman–Crippen MR) is 121 cm³/mol. The Morgan fingerprint density at radius 3 is 2.25 bits per heavy atom. The Labute approximate surface area is 190 Å². The highest BCUT2D eigenvalue weighted by Gasteiger charge is 2.67. The molecule has 5 rings (SSSR count). The van der Waals surface area contributed by atoms with Crippen molar-refractivity contribution in [3.8, 4) is 0 Å². The molecule has 2 aliphatic heterocycles. The summed E-state index contributed by atoms with van der Waals surface area (Å²) in [5, 5.41) is 3.14. The molecule has 2 saturated heterocycles. The number of likely N-dealkylation sites (N-methyl/N-ethyl adjacent to an activating group) is 1. The van der Waals surface area contributed by atoms with Gasteiger partial charge in [0.25, 0.3) is 5.91 Å². The summed E-state index contributed by atoms with van der Waals surface area (Å²) < 4.78 is 18.1. The van der Waals surface area contributed by atoms with Crippen molar-refractivity contribution < 1.29 is 23.6 Å². The van der Waals surface area contributed by atoms with Crippen molar-refractivity contribution in [3.63, 3.8) is 0 Å². The molecule has 7 nitrogen and oxygen atoms in total. The lowest BCUT2D eigenvalue weighted by atomic mass is 9.61. The quantitative estimate of drug-likeness (QED) is 0.565. The largest absolute Gasteiger partial charge is 0.494 e. The summed E-state index contributed by atoms with van der Waals surface area (Å²) in [6, 6.07) is 5.83. The van der Waals surface area contributed by atoms with Crippen molar-refractivity contribution in [2.75, 3.05) is 14.2 Å². The molecule has 8 heteroatoms. The number of ether oxygens (including phenoxy) is 1. The van der Waals surface area contributed by atoms with Crippen LogP contribution < -0.4 is 10.8 Å². The summed E-state index contributed by atoms with van der Waals surface area (Å²) in [4.78, 5) is 27.7. The Kier molecular flexibility index (Phi) is 4.67. The number of rotatable bonds is 2. The van der Waals surface area contributed by atoms with E-state index in [4.69, 9.17) is 14.0 Å². The zero-order chi connectivity index (χ0) is 23.1. The van der Waals surface area contributed by atoms with Gasteiger partial charge in [0, 0.05) is 19.6 Å². The highest BCUT2D eigenvalue weighted by Crippen LogP contribution is 2.59. The first-order chi connectivity index (χ1) is 15.0. The van der Waals surface area contributed by atoms with Gasteiger partial charge >= 0.3 is 13.1 Å². The fourth-order valence-electron chi connectivity index (χ4n) is 6.12. The topological polar surface area (TPSA) is 77.1 Å². The van der Waals surface area contributed by atoms with Crippen LogP contribution in [0, 0.1) is 5.41 Å². The second kappa shape index (κ2) is 6.81. The molecule has 1 aromatic rings. The molecule has 0 radical (unpaired) electrons. The van der Waals surface area contributed by atoms with Crippen molar-refractivity contribution in [2.24, 2.45) is 5.41 Å². The van der Waals surface area contributed by atoms with Crippen molar-refractivity contribution in [1.29, 1.82) is 0 Å². The van der Waals surface area contributed by atoms with Crippen LogP contribution in [-0.4, -0.2) is 55.4 Å². The second-order valence-corrected chi connectivity index (χ2v) is 10.9. The van der Waals surface area contributed by atoms with E-state index in [0.29, 0.717) is 0 Å². The molecule has 1 aromatic carbocycles. The van der Waals surface area contributed by atoms with Gasteiger partial charge in [0.1, 0.15) is 0 Å². The van der Waals surface area contributed by atoms with Gasteiger partial charge in [0.05, 0.1) is 17.3 Å². The normalized spacial score (nSPS) is 35.1. The van der Waals surface area contributed by atoms with Crippen LogP contribution >= 0.6 is 0 Å². The lowest BCUT2D eigenvalue weighted by molar-refractivity contribution is -0.137. The number of hydrogen-bond donors (Lipinski definition) is 1. The molecule has 3 amide bonds. The van der Waals surface area contributed by atoms with Crippen molar-refractivity contribution >= 4 is 24.5 Å². The molecule has 1 atom stereocenters. The van der Waals surface area contributed by atoms with E-state index in [9.17, 15) is 9.59 Å². The summed E-state index contributed by atoms with van der Waals surface area (Å²) in [6.45, 7) is 8.11. The monoisotopic (exact) mass is 440 g/mol. The molecule has 1 unspecified atom stereocenters. The van der Waals surface area contributed by atoms with Crippen LogP contribution in [0.1, 0.15) is 64.5 Å². The van der Waals surface area contributed by atoms with Crippen LogP contribution in [0.25, 0.3) is 0 Å². The van der Waals surface area contributed by atoms with Crippen LogP contribution in [0.3, 0.4) is 0 Å². The van der Waals surface area contributed by atoms with Gasteiger partial charge in [-0.25, -0.2) is 4.79 Å². The van der Waals surface area contributed by atoms with E-state index in [2.05, 4.69) is 11.4 Å². The summed E-state index contributed by atoms with van der Waals surface area (Å²) in [7, 11) is 2.79. The van der Waals surface area contributed by atoms with E-state index >= 15 is 0 Å². The molecule has 32 heavy (non-hydrogen) atoms. The fraction of sp³-hybridized carbons (Fsp3) is 0.667. The number of carbonyl (C=O) groups excluding carboxylic acids is 2. The standard InChI is InChI=1S/C24H33BN2O5/c1-21(2)22(3,4)32-25(31-21)16-8-7-15-14-23(11-9-17(30-6)10-12-23)24(18(15)13-16)19(28)27(5)20(29)26-24/h7-8,13,17H,9-12,14H2,1-6H3,(H,26,29). The summed E-state index contributed by atoms with van der Waals surface area (Å²) in [5.41, 5.74) is 0.579. The average molecular weight is 440 g/mol. The number of hydrogen-bond acceptors (Lipinski definition) is 5. The SMILES string of the molecule is COC1CCC2(CC1)Cc1ccc(B3OC(C)(C)C(C)(C)O3)cc1C21NC(=O)N(C)C1=O. The summed E-state index contributed by atoms with van der Waals surface area (Å²) in [6.07, 6.45) is 4.37. The van der Waals surface area contributed by atoms with Gasteiger partial charge in [-0.1, -0.05) is 18.2 Å². The van der Waals surface area contributed by atoms with Gasteiger partial charge in [0.2, 0.25) is 0 Å². The minimum absolute atomic E-state index is 0.164. The van der Waals surface area contributed by atoms with Gasteiger partial charge < -0.3 is 19.4 Å². The molecule has 0 aromatic heterocycles. The molecule has 1 saturated carbocycles. The highest BCUT2D eigenvalue weighted by atomic mass is 16.7. The molecule has 3 fully saturated rings. The lowest BCUT2D eigenvalue weighted by Gasteiger charge is -2.46. The zero-order valence-corrected chi connectivity index (χ0v) is 19.9. The Bertz CT molecular complexity index is 969. The molecular weight excluding hydrogens is 407 g/mol. The lowest BCUT2D eigenvalue weighted by Crippen LogP contribution is -2.57. The predicted octanol–water partition coefficient (Wildman–Crippen LogP) is 2.49. The minimum Gasteiger partial charge on any atom is -0.399 e. The number of amides is 3. The number of imide groups is 1. The third-order valence-corrected chi connectivity index (χ3v) is 8.84. The van der Waals surface area contributed by atoms with Crippen LogP contribution in [0.2, 0.25) is 0 Å². The van der Waals surface area contributed by atoms with Gasteiger partial charge in [-0.15, -0.1) is 0 Å². The van der Waals surface area contributed by atoms with Gasteiger partial charge in [-0.2, -0.15) is 0 Å². The first-order valence-corrected chi connectivity index (χ1v) is 11.6. The van der Waals surface area contributed by atoms with Crippen molar-refractivity contribution in [1.82, 2.24) is 10.2 Å². The number of benzene rings is 1. The molecule has 2 aliphatic carbocycles. The number of nitrogens with zero attached hydrogens (tertiary/aromatic N) is 1. The maximum absolute atomic E-state index is 13.7. The molecular formula is C24H33BN2O5. The maximum atomic E-state index is 13.7. The van der Waals surface area contributed by atoms with E-state index in [0.717, 1.165) is 48.7 Å². The van der Waals surface area contributed by atoms with Crippen LogP contribution in [0.15, 0.2) is 18.2 Å². The Hall–Kier alpha value is -1.90. The Morgan fingerprint density at radius 2 is 1.72 bits per heavy atom. The maximum Gasteiger partial charge on any atom is 0.494 e. The highest BCUT2D eigenvalue weighted by molar-refractivity contribution is 6.62. The van der Waals surface area contributed by atoms with Gasteiger partial charge in [-0.3, -0.25) is 9.69 Å². The second-order valence-electron chi connectivity index (χ2n) is 10.9. The number of nitrogens with one attached hydrogen (secondary N) is 1. The fourth-order valence-corrected chi connectivity index (χ4v) is 6.12. The zero-order valence-electron chi connectivity index (χ0n) is 19.9. The summed E-state index contributed by atoms with van der Waals surface area (Å²) in [5.74, 6) is -0.164. The first kappa shape index (κ1) is 21.9. The number of carbonyl (C=O) groups is 2. The average Bonchev–Trinajstić information content (AvgIpc) is 3.23. The Balaban J connectivity index is 1.59. The molecule has 1 N–H and O–H groups in total. The van der Waals surface area contributed by atoms with E-state index in [1.807, 2.05) is 39.8 Å². The number of fused-ring (bicyclic) bond motifs is 3. The summed E-state index contributed by atoms with van der Waals surface area (Å²) >= 11 is 0. The third kappa shape index (κ3) is 2.72. The number of methoxy groups -OCH3 is 1. The van der Waals surface area contributed by atoms with E-state index in [1.54, 1.807) is 14.2 Å². The first-order valence-electron chi connectivity index (χ1n) is 11.6. The van der Waals surface area contributed by atoms with Gasteiger partial charge in [-0.05, 0) is 76.4 Å². The smallest absolute Gasteiger partial charge is 0.399 e. The van der Waals surface area contributed by atoms with Crippen LogP contribution in [0.5, 0.6) is 0 Å². The molecule has 2 heterocycles. The molecule has 172 valence electrons. The van der Waals surface area contributed by atoms with E-state index in [1.165, 1.54) is 4.90 Å².